The number of amidine groups is 1. The summed E-state index contributed by atoms with van der Waals surface area (Å²) in [6.07, 6.45) is 3.11. The van der Waals surface area contributed by atoms with E-state index >= 15 is 0 Å². The van der Waals surface area contributed by atoms with Gasteiger partial charge in [-0.2, -0.15) is 0 Å². The molecule has 4 N–H and O–H groups in total. The molecular formula is C23H26N8O2. The van der Waals surface area contributed by atoms with Gasteiger partial charge >= 0.3 is 0 Å². The largest absolute Gasteiger partial charge is 0.473 e. The lowest BCUT2D eigenvalue weighted by Gasteiger charge is -2.35. The zero-order valence-electron chi connectivity index (χ0n) is 18.3. The van der Waals surface area contributed by atoms with E-state index in [4.69, 9.17) is 20.5 Å². The number of fused-ring (bicyclic) bond motifs is 1. The number of nitrogens with zero attached hydrogens (tertiary/aromatic N) is 4. The van der Waals surface area contributed by atoms with Crippen molar-refractivity contribution in [3.05, 3.63) is 36.7 Å². The molecule has 0 radical (unpaired) electrons. The highest BCUT2D eigenvalue weighted by atomic mass is 16.5. The molecule has 1 aromatic carbocycles. The summed E-state index contributed by atoms with van der Waals surface area (Å²) in [5.41, 5.74) is 4.24. The predicted molar refractivity (Wildman–Crippen MR) is 126 cm³/mol. The second kappa shape index (κ2) is 8.53. The number of hydrogen-bond acceptors (Lipinski definition) is 7. The SMILES string of the molecule is C[C@@H](Oc1nc(-c2ccc(N3CCN(C=N)C(=N)C3)cc2)cc2[nH]cnc12)[C@H]1CNC(=O)C1. The van der Waals surface area contributed by atoms with Gasteiger partial charge in [0.2, 0.25) is 11.8 Å². The molecule has 2 aromatic heterocycles. The fourth-order valence-electron chi connectivity index (χ4n) is 4.30. The average molecular weight is 447 g/mol. The number of rotatable bonds is 6. The van der Waals surface area contributed by atoms with E-state index in [1.165, 1.54) is 6.34 Å². The highest BCUT2D eigenvalue weighted by Crippen LogP contribution is 2.30. The second-order valence-corrected chi connectivity index (χ2v) is 8.44. The number of H-pyrrole nitrogens is 1. The minimum absolute atomic E-state index is 0.0524. The number of benzene rings is 1. The van der Waals surface area contributed by atoms with Gasteiger partial charge in [-0.25, -0.2) is 9.97 Å². The molecule has 0 aliphatic carbocycles. The first-order valence-corrected chi connectivity index (χ1v) is 11.0. The zero-order chi connectivity index (χ0) is 22.9. The summed E-state index contributed by atoms with van der Waals surface area (Å²) < 4.78 is 6.19. The third-order valence-electron chi connectivity index (χ3n) is 6.33. The molecule has 0 bridgehead atoms. The van der Waals surface area contributed by atoms with Gasteiger partial charge in [-0.1, -0.05) is 12.1 Å². The van der Waals surface area contributed by atoms with Crippen molar-refractivity contribution in [2.45, 2.75) is 19.4 Å². The van der Waals surface area contributed by atoms with Crippen molar-refractivity contribution in [2.75, 3.05) is 31.1 Å². The summed E-state index contributed by atoms with van der Waals surface area (Å²) in [5.74, 6) is 1.03. The normalized spacial score (nSPS) is 19.6. The van der Waals surface area contributed by atoms with Gasteiger partial charge in [0, 0.05) is 43.2 Å². The van der Waals surface area contributed by atoms with Crippen molar-refractivity contribution in [3.63, 3.8) is 0 Å². The lowest BCUT2D eigenvalue weighted by Crippen LogP contribution is -2.49. The van der Waals surface area contributed by atoms with Crippen molar-refractivity contribution >= 4 is 34.8 Å². The van der Waals surface area contributed by atoms with Crippen LogP contribution >= 0.6 is 0 Å². The van der Waals surface area contributed by atoms with Crippen LogP contribution in [0.1, 0.15) is 13.3 Å². The van der Waals surface area contributed by atoms with Crippen LogP contribution in [0.15, 0.2) is 36.7 Å². The summed E-state index contributed by atoms with van der Waals surface area (Å²) in [5, 5.41) is 18.3. The van der Waals surface area contributed by atoms with Gasteiger partial charge in [0.25, 0.3) is 0 Å². The Kier molecular flexibility index (Phi) is 5.41. The summed E-state index contributed by atoms with van der Waals surface area (Å²) in [7, 11) is 0. The van der Waals surface area contributed by atoms with Crippen LogP contribution in [0, 0.1) is 16.7 Å². The minimum Gasteiger partial charge on any atom is -0.473 e. The Balaban J connectivity index is 1.38. The van der Waals surface area contributed by atoms with Crippen LogP contribution in [0.4, 0.5) is 5.69 Å². The second-order valence-electron chi connectivity index (χ2n) is 8.44. The lowest BCUT2D eigenvalue weighted by molar-refractivity contribution is -0.119. The van der Waals surface area contributed by atoms with Crippen molar-refractivity contribution in [2.24, 2.45) is 5.92 Å². The van der Waals surface area contributed by atoms with Gasteiger partial charge in [-0.15, -0.1) is 0 Å². The number of pyridine rings is 1. The van der Waals surface area contributed by atoms with Gasteiger partial charge in [-0.05, 0) is 25.1 Å². The highest BCUT2D eigenvalue weighted by molar-refractivity contribution is 5.93. The molecular weight excluding hydrogens is 420 g/mol. The Labute approximate surface area is 191 Å². The standard InChI is InChI=1S/C23H26N8O2/c1-14(16-8-21(32)26-10-16)33-23-22-19(27-13-28-22)9-18(29-23)15-2-4-17(5-3-15)30-6-7-31(12-24)20(25)11-30/h2-5,9,12-14,16,24-25H,6-8,10-11H2,1H3,(H,26,32)(H,27,28)/t14-,16-/m1/s1. The van der Waals surface area contributed by atoms with Gasteiger partial charge in [0.15, 0.2) is 5.52 Å². The van der Waals surface area contributed by atoms with Crippen LogP contribution in [-0.2, 0) is 4.79 Å². The van der Waals surface area contributed by atoms with Crippen LogP contribution in [0.2, 0.25) is 0 Å². The van der Waals surface area contributed by atoms with E-state index in [1.54, 1.807) is 11.2 Å². The predicted octanol–water partition coefficient (Wildman–Crippen LogP) is 2.23. The molecule has 2 aliphatic heterocycles. The van der Waals surface area contributed by atoms with E-state index < -0.39 is 0 Å². The maximum Gasteiger partial charge on any atom is 0.243 e. The molecule has 0 unspecified atom stereocenters. The molecule has 5 rings (SSSR count). The lowest BCUT2D eigenvalue weighted by atomic mass is 10.0. The van der Waals surface area contributed by atoms with E-state index in [0.717, 1.165) is 29.0 Å². The first kappa shape index (κ1) is 20.9. The van der Waals surface area contributed by atoms with E-state index in [0.29, 0.717) is 43.3 Å². The van der Waals surface area contributed by atoms with Gasteiger partial charge < -0.3 is 24.8 Å². The number of piperazine rings is 1. The molecule has 10 heteroatoms. The Hall–Kier alpha value is -3.95. The fourth-order valence-corrected chi connectivity index (χ4v) is 4.30. The average Bonchev–Trinajstić information content (AvgIpc) is 3.48. The van der Waals surface area contributed by atoms with Gasteiger partial charge in [0.1, 0.15) is 11.9 Å². The number of aromatic amines is 1. The molecule has 170 valence electrons. The number of imidazole rings is 1. The van der Waals surface area contributed by atoms with Crippen molar-refractivity contribution in [3.8, 4) is 17.1 Å². The minimum atomic E-state index is -0.177. The molecule has 33 heavy (non-hydrogen) atoms. The zero-order valence-corrected chi connectivity index (χ0v) is 18.3. The maximum absolute atomic E-state index is 11.6. The Bertz CT molecular complexity index is 1200. The molecule has 2 fully saturated rings. The number of carbonyl (C=O) groups excluding carboxylic acids is 1. The van der Waals surface area contributed by atoms with E-state index in [1.807, 2.05) is 37.3 Å². The van der Waals surface area contributed by atoms with E-state index in [2.05, 4.69) is 20.2 Å². The third kappa shape index (κ3) is 4.11. The Morgan fingerprint density at radius 3 is 2.79 bits per heavy atom. The van der Waals surface area contributed by atoms with Crippen molar-refractivity contribution < 1.29 is 9.53 Å². The molecule has 10 nitrogen and oxygen atoms in total. The number of amides is 1. The van der Waals surface area contributed by atoms with Gasteiger partial charge in [-0.3, -0.25) is 15.6 Å². The monoisotopic (exact) mass is 446 g/mol. The van der Waals surface area contributed by atoms with E-state index in [9.17, 15) is 4.79 Å². The number of aromatic nitrogens is 3. The van der Waals surface area contributed by atoms with Crippen molar-refractivity contribution in [1.29, 1.82) is 10.8 Å². The highest BCUT2D eigenvalue weighted by Gasteiger charge is 2.29. The number of nitrogens with one attached hydrogen (secondary N) is 4. The Morgan fingerprint density at radius 2 is 2.09 bits per heavy atom. The smallest absolute Gasteiger partial charge is 0.243 e. The number of anilines is 1. The van der Waals surface area contributed by atoms with Crippen LogP contribution in [0.5, 0.6) is 5.88 Å². The molecule has 0 saturated carbocycles. The molecule has 2 saturated heterocycles. The molecule has 0 spiro atoms. The first-order valence-electron chi connectivity index (χ1n) is 11.0. The summed E-state index contributed by atoms with van der Waals surface area (Å²) >= 11 is 0. The van der Waals surface area contributed by atoms with E-state index in [-0.39, 0.29) is 17.9 Å². The molecule has 2 atom stereocenters. The quantitative estimate of drug-likeness (QED) is 0.339. The molecule has 1 amide bonds. The Morgan fingerprint density at radius 1 is 1.27 bits per heavy atom. The van der Waals surface area contributed by atoms with Gasteiger partial charge in [0.05, 0.1) is 30.4 Å². The summed E-state index contributed by atoms with van der Waals surface area (Å²) in [6.45, 7) is 4.42. The van der Waals surface area contributed by atoms with Crippen LogP contribution in [-0.4, -0.2) is 70.2 Å². The summed E-state index contributed by atoms with van der Waals surface area (Å²) in [4.78, 5) is 27.6. The summed E-state index contributed by atoms with van der Waals surface area (Å²) in [6, 6.07) is 10.0. The third-order valence-corrected chi connectivity index (χ3v) is 6.33. The molecule has 4 heterocycles. The van der Waals surface area contributed by atoms with Crippen molar-refractivity contribution in [1.82, 2.24) is 25.2 Å². The number of hydrogen-bond donors (Lipinski definition) is 4. The number of carbonyl (C=O) groups is 1. The fraction of sp³-hybridized carbons (Fsp3) is 0.348. The van der Waals surface area contributed by atoms with Crippen LogP contribution < -0.4 is 15.0 Å². The number of ether oxygens (including phenoxy) is 1. The van der Waals surface area contributed by atoms with Crippen LogP contribution in [0.25, 0.3) is 22.3 Å². The molecule has 3 aromatic rings. The first-order chi connectivity index (χ1) is 16.0. The van der Waals surface area contributed by atoms with Crippen LogP contribution in [0.3, 0.4) is 0 Å². The maximum atomic E-state index is 11.6. The molecule has 2 aliphatic rings. The topological polar surface area (TPSA) is 134 Å².